The number of aryl methyl sites for hydroxylation is 3. The summed E-state index contributed by atoms with van der Waals surface area (Å²) in [5, 5.41) is 14.0. The number of nitrogens with zero attached hydrogens (tertiary/aromatic N) is 6. The molecule has 0 bridgehead atoms. The Balaban J connectivity index is 0.000000480. The molecule has 0 amide bonds. The summed E-state index contributed by atoms with van der Waals surface area (Å²) in [5.41, 5.74) is 4.99. The number of benzene rings is 2. The molecule has 13 heteroatoms. The van der Waals surface area contributed by atoms with Gasteiger partial charge in [0.1, 0.15) is 11.3 Å². The van der Waals surface area contributed by atoms with Crippen molar-refractivity contribution in [1.82, 2.24) is 24.8 Å². The van der Waals surface area contributed by atoms with Crippen LogP contribution in [0.4, 0.5) is 0 Å². The highest BCUT2D eigenvalue weighted by Gasteiger charge is 2.12. The van der Waals surface area contributed by atoms with Gasteiger partial charge in [0.25, 0.3) is 6.33 Å². The Labute approximate surface area is 212 Å². The molecule has 0 radical (unpaired) electrons. The van der Waals surface area contributed by atoms with Gasteiger partial charge in [-0.15, -0.1) is 4.68 Å². The zero-order valence-electron chi connectivity index (χ0n) is 20.5. The molecular weight excluding hydrogens is 500 g/mol. The van der Waals surface area contributed by atoms with Crippen molar-refractivity contribution in [3.8, 4) is 22.5 Å². The first-order valence-electron chi connectivity index (χ1n) is 11.1. The maximum absolute atomic E-state index is 12.7. The Bertz CT molecular complexity index is 1720. The molecular formula is C24H24N6O6S. The van der Waals surface area contributed by atoms with Gasteiger partial charge in [0, 0.05) is 16.6 Å². The third kappa shape index (κ3) is 5.97. The van der Waals surface area contributed by atoms with Crippen LogP contribution < -0.4 is 10.2 Å². The molecule has 0 atom stereocenters. The summed E-state index contributed by atoms with van der Waals surface area (Å²) in [6, 6.07) is 15.2. The van der Waals surface area contributed by atoms with Crippen molar-refractivity contribution in [2.45, 2.75) is 20.3 Å². The predicted molar refractivity (Wildman–Crippen MR) is 132 cm³/mol. The first-order valence-corrected chi connectivity index (χ1v) is 12.4. The van der Waals surface area contributed by atoms with Gasteiger partial charge in [-0.1, -0.05) is 19.1 Å². The molecule has 3 aromatic heterocycles. The summed E-state index contributed by atoms with van der Waals surface area (Å²) in [7, 11) is -1.74. The molecule has 0 spiro atoms. The van der Waals surface area contributed by atoms with E-state index in [1.165, 1.54) is 0 Å². The lowest BCUT2D eigenvalue weighted by molar-refractivity contribution is -0.596. The Hall–Kier alpha value is -4.20. The Morgan fingerprint density at radius 2 is 1.81 bits per heavy atom. The molecule has 2 aromatic carbocycles. The average molecular weight is 525 g/mol. The maximum atomic E-state index is 12.7. The van der Waals surface area contributed by atoms with E-state index in [0.29, 0.717) is 11.1 Å². The normalized spacial score (nSPS) is 11.4. The molecule has 0 saturated heterocycles. The summed E-state index contributed by atoms with van der Waals surface area (Å²) in [5.74, 6) is 0. The minimum Gasteiger partial charge on any atom is -0.726 e. The van der Waals surface area contributed by atoms with E-state index >= 15 is 0 Å². The molecule has 0 aliphatic rings. The summed E-state index contributed by atoms with van der Waals surface area (Å²) in [6.45, 7) is 3.98. The van der Waals surface area contributed by atoms with Crippen LogP contribution in [-0.4, -0.2) is 44.9 Å². The second-order valence-corrected chi connectivity index (χ2v) is 9.14. The smallest absolute Gasteiger partial charge is 0.344 e. The largest absolute Gasteiger partial charge is 0.726 e. The highest BCUT2D eigenvalue weighted by atomic mass is 32.3. The SMILES string of the molecule is CCc1nn(-c2ccc3cc(-c4ccc(-[n+]5cnn(C)c5)cc4)c(=O)oc3c2)nc1C.COS(=O)(=O)[O-]. The van der Waals surface area contributed by atoms with Gasteiger partial charge >= 0.3 is 5.63 Å². The lowest BCUT2D eigenvalue weighted by atomic mass is 10.1. The fourth-order valence-electron chi connectivity index (χ4n) is 3.60. The van der Waals surface area contributed by atoms with E-state index in [9.17, 15) is 17.8 Å². The molecule has 192 valence electrons. The van der Waals surface area contributed by atoms with Gasteiger partial charge < -0.3 is 8.97 Å². The lowest BCUT2D eigenvalue weighted by Gasteiger charge is -2.05. The molecule has 0 unspecified atom stereocenters. The molecule has 0 fully saturated rings. The Morgan fingerprint density at radius 3 is 2.38 bits per heavy atom. The maximum Gasteiger partial charge on any atom is 0.344 e. The van der Waals surface area contributed by atoms with Gasteiger partial charge in [-0.2, -0.15) is 15.0 Å². The highest BCUT2D eigenvalue weighted by Crippen LogP contribution is 2.23. The summed E-state index contributed by atoms with van der Waals surface area (Å²) < 4.78 is 40.3. The number of hydrogen-bond donors (Lipinski definition) is 0. The second kappa shape index (κ2) is 10.4. The van der Waals surface area contributed by atoms with E-state index in [0.717, 1.165) is 47.2 Å². The average Bonchev–Trinajstić information content (AvgIpc) is 3.48. The fraction of sp³-hybridized carbons (Fsp3) is 0.208. The lowest BCUT2D eigenvalue weighted by Crippen LogP contribution is -2.27. The molecule has 37 heavy (non-hydrogen) atoms. The molecule has 3 heterocycles. The first-order chi connectivity index (χ1) is 17.6. The number of rotatable bonds is 5. The van der Waals surface area contributed by atoms with Crippen molar-refractivity contribution in [2.24, 2.45) is 7.05 Å². The minimum absolute atomic E-state index is 0.384. The molecule has 0 N–H and O–H groups in total. The van der Waals surface area contributed by atoms with Crippen LogP contribution in [0.15, 0.2) is 70.4 Å². The monoisotopic (exact) mass is 524 g/mol. The number of fused-ring (bicyclic) bond motifs is 1. The summed E-state index contributed by atoms with van der Waals surface area (Å²) in [6.07, 6.45) is 4.42. The van der Waals surface area contributed by atoms with Crippen LogP contribution in [0.3, 0.4) is 0 Å². The molecule has 0 saturated carbocycles. The van der Waals surface area contributed by atoms with Gasteiger partial charge in [-0.25, -0.2) is 17.8 Å². The fourth-order valence-corrected chi connectivity index (χ4v) is 3.60. The first kappa shape index (κ1) is 25.9. The topological polar surface area (TPSA) is 149 Å². The number of aromatic nitrogens is 6. The van der Waals surface area contributed by atoms with Crippen LogP contribution in [0.5, 0.6) is 0 Å². The molecule has 5 rings (SSSR count). The second-order valence-electron chi connectivity index (χ2n) is 7.99. The van der Waals surface area contributed by atoms with Crippen molar-refractivity contribution in [3.63, 3.8) is 0 Å². The zero-order chi connectivity index (χ0) is 26.7. The van der Waals surface area contributed by atoms with E-state index in [4.69, 9.17) is 4.42 Å². The van der Waals surface area contributed by atoms with Gasteiger partial charge in [-0.05, 0) is 49.2 Å². The standard InChI is InChI=1S/C23H21N6O2.CH4O4S/c1-4-21-15(2)25-29(26-21)19-10-7-17-11-20(23(30)31-22(17)12-19)16-5-8-18(9-6-16)28-13-24-27(3)14-28;1-5-6(2,3)4/h5-14H,4H2,1-3H3;1H3,(H,2,3,4)/q+1;/p-1. The van der Waals surface area contributed by atoms with Crippen LogP contribution in [-0.2, 0) is 28.1 Å². The minimum atomic E-state index is -4.41. The number of hydrogen-bond acceptors (Lipinski definition) is 9. The molecule has 0 aliphatic heterocycles. The van der Waals surface area contributed by atoms with Crippen LogP contribution in [0, 0.1) is 6.92 Å². The van der Waals surface area contributed by atoms with E-state index in [1.807, 2.05) is 74.3 Å². The Morgan fingerprint density at radius 1 is 1.11 bits per heavy atom. The van der Waals surface area contributed by atoms with E-state index in [1.54, 1.807) is 21.9 Å². The van der Waals surface area contributed by atoms with Gasteiger partial charge in [-0.3, -0.25) is 4.18 Å². The van der Waals surface area contributed by atoms with E-state index < -0.39 is 10.4 Å². The van der Waals surface area contributed by atoms with Gasteiger partial charge in [0.2, 0.25) is 16.7 Å². The quantitative estimate of drug-likeness (QED) is 0.146. The van der Waals surface area contributed by atoms with Crippen molar-refractivity contribution in [3.05, 3.63) is 83.0 Å². The molecule has 12 nitrogen and oxygen atoms in total. The van der Waals surface area contributed by atoms with Crippen molar-refractivity contribution >= 4 is 21.4 Å². The molecule has 5 aromatic rings. The summed E-state index contributed by atoms with van der Waals surface area (Å²) in [4.78, 5) is 14.3. The molecule has 0 aliphatic carbocycles. The third-order valence-corrected chi connectivity index (χ3v) is 5.90. The van der Waals surface area contributed by atoms with Crippen molar-refractivity contribution < 1.29 is 26.1 Å². The Kier molecular flexibility index (Phi) is 7.29. The zero-order valence-corrected chi connectivity index (χ0v) is 21.3. The van der Waals surface area contributed by atoms with Crippen molar-refractivity contribution in [1.29, 1.82) is 0 Å². The van der Waals surface area contributed by atoms with Gasteiger partial charge in [0.15, 0.2) is 0 Å². The van der Waals surface area contributed by atoms with E-state index in [2.05, 4.69) is 19.5 Å². The van der Waals surface area contributed by atoms with Crippen LogP contribution in [0.1, 0.15) is 18.3 Å². The van der Waals surface area contributed by atoms with Crippen LogP contribution in [0.25, 0.3) is 33.5 Å². The van der Waals surface area contributed by atoms with E-state index in [-0.39, 0.29) is 5.63 Å². The van der Waals surface area contributed by atoms with Crippen molar-refractivity contribution in [2.75, 3.05) is 7.11 Å². The summed E-state index contributed by atoms with van der Waals surface area (Å²) >= 11 is 0. The predicted octanol–water partition coefficient (Wildman–Crippen LogP) is 2.01. The van der Waals surface area contributed by atoms with Crippen LogP contribution in [0.2, 0.25) is 0 Å². The highest BCUT2D eigenvalue weighted by molar-refractivity contribution is 7.80. The third-order valence-electron chi connectivity index (χ3n) is 5.49. The van der Waals surface area contributed by atoms with Gasteiger partial charge in [0.05, 0.1) is 36.8 Å². The van der Waals surface area contributed by atoms with Crippen LogP contribution >= 0.6 is 0 Å².